The van der Waals surface area contributed by atoms with E-state index in [1.807, 2.05) is 65.8 Å². The van der Waals surface area contributed by atoms with Crippen LogP contribution in [0.1, 0.15) is 89.4 Å². The Bertz CT molecular complexity index is 1010. The van der Waals surface area contributed by atoms with Crippen LogP contribution in [0.25, 0.3) is 0 Å². The smallest absolute Gasteiger partial charge is 0.159 e. The SMILES string of the molecule is CC(=O)c1ccc(CC(NC(C)C)C(=O)C(C)C)cc1.Cc1ccc(CC(NC(C)C)C(=O)C(C)C)cc1. The number of rotatable bonds is 13. The summed E-state index contributed by atoms with van der Waals surface area (Å²) in [5, 5.41) is 6.70. The number of hydrogen-bond donors (Lipinski definition) is 2. The van der Waals surface area contributed by atoms with Crippen LogP contribution in [0.15, 0.2) is 48.5 Å². The number of carbonyl (C=O) groups excluding carboxylic acids is 3. The average molecular weight is 523 g/mol. The molecule has 0 aliphatic heterocycles. The fourth-order valence-corrected chi connectivity index (χ4v) is 4.16. The quantitative estimate of drug-likeness (QED) is 0.309. The van der Waals surface area contributed by atoms with Gasteiger partial charge in [-0.3, -0.25) is 14.4 Å². The van der Waals surface area contributed by atoms with E-state index in [1.54, 1.807) is 6.92 Å². The number of nitrogens with one attached hydrogen (secondary N) is 2. The molecule has 210 valence electrons. The van der Waals surface area contributed by atoms with Crippen molar-refractivity contribution in [2.24, 2.45) is 11.8 Å². The molecule has 2 unspecified atom stereocenters. The Morgan fingerprint density at radius 1 is 0.605 bits per heavy atom. The average Bonchev–Trinajstić information content (AvgIpc) is 2.83. The van der Waals surface area contributed by atoms with Crippen LogP contribution in [0.3, 0.4) is 0 Å². The zero-order valence-corrected chi connectivity index (χ0v) is 25.2. The molecule has 38 heavy (non-hydrogen) atoms. The summed E-state index contributed by atoms with van der Waals surface area (Å²) in [4.78, 5) is 35.7. The number of Topliss-reactive ketones (excluding diaryl/α,β-unsaturated/α-hetero) is 3. The largest absolute Gasteiger partial charge is 0.305 e. The zero-order valence-electron chi connectivity index (χ0n) is 25.2. The Hall–Kier alpha value is -2.63. The van der Waals surface area contributed by atoms with E-state index in [4.69, 9.17) is 0 Å². The maximum absolute atomic E-state index is 12.2. The maximum atomic E-state index is 12.2. The van der Waals surface area contributed by atoms with Gasteiger partial charge >= 0.3 is 0 Å². The summed E-state index contributed by atoms with van der Waals surface area (Å²) in [5.74, 6) is 0.680. The van der Waals surface area contributed by atoms with Gasteiger partial charge in [0.25, 0.3) is 0 Å². The summed E-state index contributed by atoms with van der Waals surface area (Å²) in [6.45, 7) is 19.7. The summed E-state index contributed by atoms with van der Waals surface area (Å²) < 4.78 is 0. The molecule has 0 aliphatic carbocycles. The van der Waals surface area contributed by atoms with Crippen molar-refractivity contribution >= 4 is 17.3 Å². The van der Waals surface area contributed by atoms with Crippen LogP contribution < -0.4 is 10.6 Å². The molecule has 2 N–H and O–H groups in total. The second-order valence-electron chi connectivity index (χ2n) is 11.5. The van der Waals surface area contributed by atoms with Crippen LogP contribution in [0.2, 0.25) is 0 Å². The van der Waals surface area contributed by atoms with Crippen molar-refractivity contribution in [2.45, 2.75) is 106 Å². The van der Waals surface area contributed by atoms with Crippen molar-refractivity contribution < 1.29 is 14.4 Å². The monoisotopic (exact) mass is 522 g/mol. The molecule has 5 heteroatoms. The van der Waals surface area contributed by atoms with E-state index in [-0.39, 0.29) is 41.5 Å². The third-order valence-electron chi connectivity index (χ3n) is 6.25. The first kappa shape index (κ1) is 33.4. The van der Waals surface area contributed by atoms with Crippen molar-refractivity contribution in [1.29, 1.82) is 0 Å². The Labute approximate surface area is 231 Å². The Balaban J connectivity index is 0.000000382. The Morgan fingerprint density at radius 2 is 0.947 bits per heavy atom. The molecule has 0 heterocycles. The minimum absolute atomic E-state index is 0.0164. The van der Waals surface area contributed by atoms with E-state index in [2.05, 4.69) is 55.7 Å². The molecule has 2 rings (SSSR count). The second-order valence-corrected chi connectivity index (χ2v) is 11.5. The zero-order chi connectivity index (χ0) is 29.0. The number of hydrogen-bond acceptors (Lipinski definition) is 5. The predicted octanol–water partition coefficient (Wildman–Crippen LogP) is 6.15. The molecule has 0 fully saturated rings. The van der Waals surface area contributed by atoms with Gasteiger partial charge in [0.1, 0.15) is 0 Å². The number of aryl methyl sites for hydroxylation is 1. The van der Waals surface area contributed by atoms with E-state index < -0.39 is 0 Å². The molecule has 0 saturated heterocycles. The van der Waals surface area contributed by atoms with Gasteiger partial charge in [0.05, 0.1) is 12.1 Å². The first-order chi connectivity index (χ1) is 17.7. The van der Waals surface area contributed by atoms with Gasteiger partial charge in [-0.05, 0) is 37.8 Å². The summed E-state index contributed by atoms with van der Waals surface area (Å²) in [7, 11) is 0. The van der Waals surface area contributed by atoms with Gasteiger partial charge in [-0.2, -0.15) is 0 Å². The number of carbonyl (C=O) groups is 3. The van der Waals surface area contributed by atoms with Crippen LogP contribution in [0, 0.1) is 18.8 Å². The van der Waals surface area contributed by atoms with Crippen LogP contribution in [0.4, 0.5) is 0 Å². The lowest BCUT2D eigenvalue weighted by Crippen LogP contribution is -2.44. The number of ketones is 3. The highest BCUT2D eigenvalue weighted by atomic mass is 16.1. The van der Waals surface area contributed by atoms with Gasteiger partial charge in [0.2, 0.25) is 0 Å². The highest BCUT2D eigenvalue weighted by molar-refractivity contribution is 5.94. The molecule has 5 nitrogen and oxygen atoms in total. The fraction of sp³-hybridized carbons (Fsp3) is 0.545. The summed E-state index contributed by atoms with van der Waals surface area (Å²) >= 11 is 0. The lowest BCUT2D eigenvalue weighted by molar-refractivity contribution is -0.124. The Morgan fingerprint density at radius 3 is 1.24 bits per heavy atom. The topological polar surface area (TPSA) is 75.3 Å². The minimum atomic E-state index is -0.168. The molecule has 2 aromatic carbocycles. The van der Waals surface area contributed by atoms with Crippen LogP contribution in [-0.2, 0) is 22.4 Å². The Kier molecular flexibility index (Phi) is 14.4. The highest BCUT2D eigenvalue weighted by Crippen LogP contribution is 2.12. The van der Waals surface area contributed by atoms with E-state index in [1.165, 1.54) is 11.1 Å². The van der Waals surface area contributed by atoms with Gasteiger partial charge in [-0.1, -0.05) is 109 Å². The van der Waals surface area contributed by atoms with Crippen molar-refractivity contribution in [3.63, 3.8) is 0 Å². The molecule has 0 spiro atoms. The molecule has 2 aromatic rings. The lowest BCUT2D eigenvalue weighted by Gasteiger charge is -2.22. The van der Waals surface area contributed by atoms with Gasteiger partial charge in [-0.25, -0.2) is 0 Å². The standard InChI is InChI=1S/C17H25NO2.C16H25NO/c1-11(2)17(20)16(18-12(3)4)10-14-6-8-15(9-7-14)13(5)19;1-11(2)16(18)15(17-12(3)4)10-14-8-6-13(5)7-9-14/h6-9,11-12,16,18H,10H2,1-5H3;6-9,11-12,15,17H,10H2,1-5H3. The maximum Gasteiger partial charge on any atom is 0.159 e. The van der Waals surface area contributed by atoms with Crippen molar-refractivity contribution in [1.82, 2.24) is 10.6 Å². The molecule has 0 aliphatic rings. The molecule has 0 radical (unpaired) electrons. The lowest BCUT2D eigenvalue weighted by atomic mass is 9.94. The third kappa shape index (κ3) is 12.3. The predicted molar refractivity (Wildman–Crippen MR) is 159 cm³/mol. The van der Waals surface area contributed by atoms with E-state index in [0.29, 0.717) is 23.8 Å². The summed E-state index contributed by atoms with van der Waals surface area (Å²) in [6.07, 6.45) is 1.43. The van der Waals surface area contributed by atoms with Crippen molar-refractivity contribution in [3.05, 3.63) is 70.8 Å². The molecular weight excluding hydrogens is 472 g/mol. The van der Waals surface area contributed by atoms with Gasteiger partial charge < -0.3 is 10.6 Å². The van der Waals surface area contributed by atoms with E-state index in [0.717, 1.165) is 12.0 Å². The molecule has 0 aromatic heterocycles. The van der Waals surface area contributed by atoms with Crippen LogP contribution in [-0.4, -0.2) is 41.5 Å². The van der Waals surface area contributed by atoms with E-state index in [9.17, 15) is 14.4 Å². The van der Waals surface area contributed by atoms with Gasteiger partial charge in [-0.15, -0.1) is 0 Å². The van der Waals surface area contributed by atoms with Crippen LogP contribution >= 0.6 is 0 Å². The molecule has 0 amide bonds. The molecule has 0 bridgehead atoms. The molecular formula is C33H50N2O3. The third-order valence-corrected chi connectivity index (χ3v) is 6.25. The van der Waals surface area contributed by atoms with Gasteiger partial charge in [0.15, 0.2) is 17.3 Å². The van der Waals surface area contributed by atoms with E-state index >= 15 is 0 Å². The van der Waals surface area contributed by atoms with Crippen LogP contribution in [0.5, 0.6) is 0 Å². The van der Waals surface area contributed by atoms with Crippen molar-refractivity contribution in [2.75, 3.05) is 0 Å². The normalized spacial score (nSPS) is 12.9. The fourth-order valence-electron chi connectivity index (χ4n) is 4.16. The highest BCUT2D eigenvalue weighted by Gasteiger charge is 2.23. The second kappa shape index (κ2) is 16.4. The summed E-state index contributed by atoms with van der Waals surface area (Å²) in [5.41, 5.74) is 4.24. The minimum Gasteiger partial charge on any atom is -0.305 e. The molecule has 2 atom stereocenters. The summed E-state index contributed by atoms with van der Waals surface area (Å²) in [6, 6.07) is 16.3. The first-order valence-corrected chi connectivity index (χ1v) is 14.0. The van der Waals surface area contributed by atoms with Gasteiger partial charge in [0, 0.05) is 29.5 Å². The first-order valence-electron chi connectivity index (χ1n) is 14.0. The number of benzene rings is 2. The molecule has 0 saturated carbocycles. The van der Waals surface area contributed by atoms with Crippen molar-refractivity contribution in [3.8, 4) is 0 Å².